The van der Waals surface area contributed by atoms with E-state index in [1.165, 1.54) is 0 Å². The van der Waals surface area contributed by atoms with Gasteiger partial charge in [-0.1, -0.05) is 0 Å². The van der Waals surface area contributed by atoms with Crippen LogP contribution in [0.5, 0.6) is 0 Å². The molecule has 0 aliphatic carbocycles. The van der Waals surface area contributed by atoms with E-state index in [1.54, 1.807) is 17.4 Å². The maximum absolute atomic E-state index is 12.0. The van der Waals surface area contributed by atoms with Crippen LogP contribution in [0.2, 0.25) is 0 Å². The highest BCUT2D eigenvalue weighted by Crippen LogP contribution is 2.22. The quantitative estimate of drug-likeness (QED) is 0.871. The van der Waals surface area contributed by atoms with Gasteiger partial charge in [0.25, 0.3) is 0 Å². The molecule has 1 fully saturated rings. The topological polar surface area (TPSA) is 46.3 Å². The lowest BCUT2D eigenvalue weighted by Gasteiger charge is -2.21. The van der Waals surface area contributed by atoms with Crippen LogP contribution in [0, 0.1) is 0 Å². The van der Waals surface area contributed by atoms with Crippen molar-refractivity contribution in [2.24, 2.45) is 5.73 Å². The summed E-state index contributed by atoms with van der Waals surface area (Å²) >= 11 is 5.01. The van der Waals surface area contributed by atoms with Gasteiger partial charge in [0, 0.05) is 25.2 Å². The lowest BCUT2D eigenvalue weighted by molar-refractivity contribution is -0.126. The van der Waals surface area contributed by atoms with Gasteiger partial charge in [0.15, 0.2) is 0 Å². The minimum absolute atomic E-state index is 0.0697. The molecular formula is C12H15BrN2OS. The van der Waals surface area contributed by atoms with Gasteiger partial charge in [-0.3, -0.25) is 4.79 Å². The number of carbonyl (C=O) groups excluding carboxylic acids is 1. The summed E-state index contributed by atoms with van der Waals surface area (Å²) in [6.45, 7) is 1.39. The van der Waals surface area contributed by atoms with Crippen LogP contribution in [0.25, 0.3) is 6.08 Å². The van der Waals surface area contributed by atoms with Crippen LogP contribution in [0.15, 0.2) is 21.3 Å². The molecule has 5 heteroatoms. The molecule has 2 N–H and O–H groups in total. The van der Waals surface area contributed by atoms with Gasteiger partial charge in [-0.05, 0) is 51.9 Å². The van der Waals surface area contributed by atoms with Crippen LogP contribution in [0.1, 0.15) is 18.4 Å². The minimum atomic E-state index is 0.0697. The van der Waals surface area contributed by atoms with E-state index in [9.17, 15) is 4.79 Å². The lowest BCUT2D eigenvalue weighted by Crippen LogP contribution is -2.38. The predicted molar refractivity (Wildman–Crippen MR) is 74.8 cm³/mol. The number of thiophene rings is 1. The van der Waals surface area contributed by atoms with Crippen molar-refractivity contribution in [1.82, 2.24) is 4.90 Å². The van der Waals surface area contributed by atoms with Gasteiger partial charge < -0.3 is 10.6 Å². The molecule has 0 aromatic carbocycles. The van der Waals surface area contributed by atoms with E-state index in [-0.39, 0.29) is 11.9 Å². The van der Waals surface area contributed by atoms with Crippen LogP contribution in [-0.2, 0) is 4.79 Å². The fourth-order valence-corrected chi connectivity index (χ4v) is 3.19. The van der Waals surface area contributed by atoms with E-state index in [4.69, 9.17) is 5.73 Å². The third-order valence-corrected chi connectivity index (χ3v) is 4.46. The molecule has 1 unspecified atom stereocenters. The first kappa shape index (κ1) is 12.8. The van der Waals surface area contributed by atoms with Gasteiger partial charge in [0.1, 0.15) is 0 Å². The van der Waals surface area contributed by atoms with Gasteiger partial charge in [-0.15, -0.1) is 11.3 Å². The van der Waals surface area contributed by atoms with Crippen LogP contribution >= 0.6 is 27.3 Å². The summed E-state index contributed by atoms with van der Waals surface area (Å²) < 4.78 is 1.07. The summed E-state index contributed by atoms with van der Waals surface area (Å²) in [6.07, 6.45) is 5.59. The smallest absolute Gasteiger partial charge is 0.246 e. The average molecular weight is 315 g/mol. The maximum Gasteiger partial charge on any atom is 0.246 e. The molecule has 0 bridgehead atoms. The normalized spacial score (nSPS) is 20.4. The zero-order chi connectivity index (χ0) is 12.3. The molecule has 1 atom stereocenters. The van der Waals surface area contributed by atoms with E-state index in [0.717, 1.165) is 28.7 Å². The number of hydrogen-bond acceptors (Lipinski definition) is 3. The maximum atomic E-state index is 12.0. The van der Waals surface area contributed by atoms with Gasteiger partial charge in [0.2, 0.25) is 5.91 Å². The summed E-state index contributed by atoms with van der Waals surface area (Å²) in [4.78, 5) is 13.8. The molecule has 1 saturated heterocycles. The molecule has 0 radical (unpaired) electrons. The van der Waals surface area contributed by atoms with Crippen molar-refractivity contribution in [1.29, 1.82) is 0 Å². The minimum Gasteiger partial charge on any atom is -0.335 e. The Morgan fingerprint density at radius 2 is 2.53 bits per heavy atom. The zero-order valence-electron chi connectivity index (χ0n) is 9.43. The number of nitrogens with two attached hydrogens (primary N) is 1. The molecule has 0 spiro atoms. The molecule has 2 rings (SSSR count). The van der Waals surface area contributed by atoms with Gasteiger partial charge in [0.05, 0.1) is 3.79 Å². The highest BCUT2D eigenvalue weighted by atomic mass is 79.9. The van der Waals surface area contributed by atoms with Gasteiger partial charge in [-0.25, -0.2) is 0 Å². The number of rotatable bonds is 3. The first-order valence-corrected chi connectivity index (χ1v) is 7.31. The fourth-order valence-electron chi connectivity index (χ4n) is 2.04. The molecule has 3 nitrogen and oxygen atoms in total. The number of halogens is 1. The summed E-state index contributed by atoms with van der Waals surface area (Å²) in [6, 6.07) is 2.22. The Hall–Kier alpha value is -0.650. The Balaban J connectivity index is 1.99. The second kappa shape index (κ2) is 5.80. The van der Waals surface area contributed by atoms with Crippen molar-refractivity contribution in [3.63, 3.8) is 0 Å². The van der Waals surface area contributed by atoms with E-state index in [1.807, 2.05) is 22.4 Å². The Bertz CT molecular complexity index is 430. The number of hydrogen-bond donors (Lipinski definition) is 1. The largest absolute Gasteiger partial charge is 0.335 e. The second-order valence-electron chi connectivity index (χ2n) is 4.08. The van der Waals surface area contributed by atoms with Crippen LogP contribution in [0.3, 0.4) is 0 Å². The molecular weight excluding hydrogens is 300 g/mol. The van der Waals surface area contributed by atoms with E-state index in [0.29, 0.717) is 6.54 Å². The van der Waals surface area contributed by atoms with E-state index in [2.05, 4.69) is 15.9 Å². The Kier molecular flexibility index (Phi) is 4.36. The van der Waals surface area contributed by atoms with Gasteiger partial charge in [-0.2, -0.15) is 0 Å². The average Bonchev–Trinajstić information content (AvgIpc) is 2.94. The van der Waals surface area contributed by atoms with Crippen molar-refractivity contribution in [3.8, 4) is 0 Å². The van der Waals surface area contributed by atoms with E-state index >= 15 is 0 Å². The fraction of sp³-hybridized carbons (Fsp3) is 0.417. The molecule has 1 aliphatic rings. The molecule has 92 valence electrons. The number of likely N-dealkylation sites (tertiary alicyclic amines) is 1. The number of carbonyl (C=O) groups is 1. The van der Waals surface area contributed by atoms with Crippen LogP contribution in [-0.4, -0.2) is 29.9 Å². The highest BCUT2D eigenvalue weighted by Gasteiger charge is 2.25. The lowest BCUT2D eigenvalue weighted by atomic mass is 10.2. The van der Waals surface area contributed by atoms with Crippen molar-refractivity contribution in [2.75, 3.05) is 13.1 Å². The first-order valence-electron chi connectivity index (χ1n) is 5.63. The standard InChI is InChI=1S/C12H15BrN2OS/c13-11-6-9(8-17-11)3-4-12(16)15-5-1-2-10(15)7-14/h3-4,6,8,10H,1-2,5,7,14H2. The summed E-state index contributed by atoms with van der Waals surface area (Å²) in [7, 11) is 0. The number of nitrogens with zero attached hydrogens (tertiary/aromatic N) is 1. The molecule has 1 amide bonds. The summed E-state index contributed by atoms with van der Waals surface area (Å²) in [5.74, 6) is 0.0697. The van der Waals surface area contributed by atoms with Crippen molar-refractivity contribution >= 4 is 39.2 Å². The molecule has 1 aromatic heterocycles. The van der Waals surface area contributed by atoms with Crippen molar-refractivity contribution in [2.45, 2.75) is 18.9 Å². The van der Waals surface area contributed by atoms with Gasteiger partial charge >= 0.3 is 0 Å². The van der Waals surface area contributed by atoms with E-state index < -0.39 is 0 Å². The van der Waals surface area contributed by atoms with Crippen LogP contribution < -0.4 is 5.73 Å². The highest BCUT2D eigenvalue weighted by molar-refractivity contribution is 9.11. The Labute approximate surface area is 113 Å². The third kappa shape index (κ3) is 3.18. The first-order chi connectivity index (χ1) is 8.20. The Morgan fingerprint density at radius 1 is 1.71 bits per heavy atom. The molecule has 1 aromatic rings. The molecule has 17 heavy (non-hydrogen) atoms. The number of amides is 1. The zero-order valence-corrected chi connectivity index (χ0v) is 11.8. The monoisotopic (exact) mass is 314 g/mol. The van der Waals surface area contributed by atoms with Crippen LogP contribution in [0.4, 0.5) is 0 Å². The molecule has 0 saturated carbocycles. The summed E-state index contributed by atoms with van der Waals surface area (Å²) in [5, 5.41) is 2.01. The van der Waals surface area contributed by atoms with Crippen molar-refractivity contribution in [3.05, 3.63) is 26.9 Å². The SMILES string of the molecule is NCC1CCCN1C(=O)C=Cc1csc(Br)c1. The predicted octanol–water partition coefficient (Wildman–Crippen LogP) is 2.47. The third-order valence-electron chi connectivity index (χ3n) is 2.94. The summed E-state index contributed by atoms with van der Waals surface area (Å²) in [5.41, 5.74) is 6.70. The molecule has 2 heterocycles. The molecule has 1 aliphatic heterocycles. The second-order valence-corrected chi connectivity index (χ2v) is 6.37. The van der Waals surface area contributed by atoms with Crippen molar-refractivity contribution < 1.29 is 4.79 Å². The Morgan fingerprint density at radius 3 is 3.18 bits per heavy atom.